The fourth-order valence-corrected chi connectivity index (χ4v) is 4.88. The molecule has 0 bridgehead atoms. The summed E-state index contributed by atoms with van der Waals surface area (Å²) in [5, 5.41) is 13.1. The molecular formula is C23H22ClF3N4O4. The van der Waals surface area contributed by atoms with Crippen LogP contribution in [0.3, 0.4) is 0 Å². The van der Waals surface area contributed by atoms with Gasteiger partial charge in [-0.15, -0.1) is 0 Å². The normalized spacial score (nSPS) is 20.5. The van der Waals surface area contributed by atoms with Crippen LogP contribution in [0.1, 0.15) is 35.7 Å². The Labute approximate surface area is 203 Å². The molecule has 1 aromatic heterocycles. The van der Waals surface area contributed by atoms with Crippen molar-refractivity contribution in [2.75, 3.05) is 12.4 Å². The highest BCUT2D eigenvalue weighted by Gasteiger charge is 2.50. The summed E-state index contributed by atoms with van der Waals surface area (Å²) in [6, 6.07) is 4.40. The van der Waals surface area contributed by atoms with Crippen molar-refractivity contribution < 1.29 is 32.7 Å². The molecule has 0 spiro atoms. The van der Waals surface area contributed by atoms with Crippen LogP contribution in [0.4, 0.5) is 23.7 Å². The first kappa shape index (κ1) is 24.8. The number of likely N-dealkylation sites (tertiary alicyclic amines) is 1. The Morgan fingerprint density at radius 2 is 1.94 bits per heavy atom. The molecular weight excluding hydrogens is 489 g/mol. The third-order valence-corrected chi connectivity index (χ3v) is 6.52. The lowest BCUT2D eigenvalue weighted by Crippen LogP contribution is -2.50. The lowest BCUT2D eigenvalue weighted by atomic mass is 10.1. The van der Waals surface area contributed by atoms with Gasteiger partial charge in [-0.1, -0.05) is 17.7 Å². The molecule has 12 heteroatoms. The summed E-state index contributed by atoms with van der Waals surface area (Å²) >= 11 is 6.04. The van der Waals surface area contributed by atoms with Crippen LogP contribution in [0.15, 0.2) is 36.5 Å². The number of carboxylic acid groups (broad SMARTS) is 1. The summed E-state index contributed by atoms with van der Waals surface area (Å²) in [5.41, 5.74) is 2.35. The molecule has 0 saturated carbocycles. The number of fused-ring (bicyclic) bond motifs is 1. The molecule has 1 aliphatic heterocycles. The number of amides is 3. The standard InChI is InChI=1S/C23H22ClF3N4O4/c1-30(21(33)18-6-7-19(32)31(18)22(34)35)20(23(25,26)27)17-5-4-15(11-28-17)29-16-9-12-2-3-14(24)8-13(12)10-16/h2-5,8,11,16,18,20,29H,6-7,9-10H2,1H3,(H,34,35)/t16?,18?,20-/m0/s1. The van der Waals surface area contributed by atoms with Crippen LogP contribution >= 0.6 is 11.6 Å². The minimum atomic E-state index is -4.88. The van der Waals surface area contributed by atoms with E-state index in [1.54, 1.807) is 0 Å². The highest BCUT2D eigenvalue weighted by molar-refractivity contribution is 6.30. The van der Waals surface area contributed by atoms with Crippen LogP contribution in [-0.4, -0.2) is 63.1 Å². The first-order chi connectivity index (χ1) is 16.5. The van der Waals surface area contributed by atoms with Gasteiger partial charge in [0.1, 0.15) is 6.04 Å². The van der Waals surface area contributed by atoms with Crippen molar-refractivity contribution >= 4 is 35.2 Å². The number of anilines is 1. The highest BCUT2D eigenvalue weighted by atomic mass is 35.5. The Kier molecular flexibility index (Phi) is 6.63. The van der Waals surface area contributed by atoms with E-state index in [1.807, 2.05) is 18.2 Å². The average Bonchev–Trinajstić information content (AvgIpc) is 3.35. The van der Waals surface area contributed by atoms with Gasteiger partial charge >= 0.3 is 12.3 Å². The van der Waals surface area contributed by atoms with Gasteiger partial charge in [-0.2, -0.15) is 13.2 Å². The average molecular weight is 511 g/mol. The lowest BCUT2D eigenvalue weighted by Gasteiger charge is -2.32. The molecule has 2 heterocycles. The third kappa shape index (κ3) is 5.04. The number of likely N-dealkylation sites (N-methyl/N-ethyl adjacent to an activating group) is 1. The van der Waals surface area contributed by atoms with Crippen LogP contribution in [0.2, 0.25) is 5.02 Å². The number of halogens is 4. The number of hydrogen-bond donors (Lipinski definition) is 2. The number of carbonyl (C=O) groups excluding carboxylic acids is 2. The fourth-order valence-electron chi connectivity index (χ4n) is 4.68. The van der Waals surface area contributed by atoms with Gasteiger partial charge in [0.2, 0.25) is 11.8 Å². The van der Waals surface area contributed by atoms with Gasteiger partial charge in [0.05, 0.1) is 17.6 Å². The van der Waals surface area contributed by atoms with E-state index in [0.717, 1.165) is 24.6 Å². The zero-order valence-electron chi connectivity index (χ0n) is 18.6. The van der Waals surface area contributed by atoms with Crippen molar-refractivity contribution in [1.82, 2.24) is 14.8 Å². The second-order valence-corrected chi connectivity index (χ2v) is 9.06. The zero-order chi connectivity index (χ0) is 25.5. The quantitative estimate of drug-likeness (QED) is 0.629. The van der Waals surface area contributed by atoms with Gasteiger partial charge in [0, 0.05) is 24.5 Å². The van der Waals surface area contributed by atoms with Crippen LogP contribution < -0.4 is 5.32 Å². The van der Waals surface area contributed by atoms with E-state index in [-0.39, 0.29) is 18.9 Å². The number of pyridine rings is 1. The van der Waals surface area contributed by atoms with Gasteiger partial charge in [-0.25, -0.2) is 9.69 Å². The molecule has 8 nitrogen and oxygen atoms in total. The van der Waals surface area contributed by atoms with Gasteiger partial charge in [0.25, 0.3) is 0 Å². The number of nitrogens with zero attached hydrogens (tertiary/aromatic N) is 3. The van der Waals surface area contributed by atoms with E-state index < -0.39 is 41.9 Å². The van der Waals surface area contributed by atoms with Crippen molar-refractivity contribution in [2.24, 2.45) is 0 Å². The number of imide groups is 1. The molecule has 2 aliphatic rings. The number of alkyl halides is 3. The minimum Gasteiger partial charge on any atom is -0.465 e. The highest BCUT2D eigenvalue weighted by Crippen LogP contribution is 2.38. The van der Waals surface area contributed by atoms with E-state index in [1.165, 1.54) is 18.3 Å². The Hall–Kier alpha value is -3.34. The van der Waals surface area contributed by atoms with Gasteiger partial charge < -0.3 is 15.3 Å². The second-order valence-electron chi connectivity index (χ2n) is 8.63. The lowest BCUT2D eigenvalue weighted by molar-refractivity contribution is -0.191. The SMILES string of the molecule is CN(C(=O)C1CCC(=O)N1C(=O)O)[C@@H](c1ccc(NC2Cc3ccc(Cl)cc3C2)cn1)C(F)(F)F. The fraction of sp³-hybridized carbons (Fsp3) is 0.391. The third-order valence-electron chi connectivity index (χ3n) is 6.29. The molecule has 2 unspecified atom stereocenters. The molecule has 4 rings (SSSR count). The molecule has 1 saturated heterocycles. The molecule has 3 atom stereocenters. The van der Waals surface area contributed by atoms with Crippen LogP contribution in [0.25, 0.3) is 0 Å². The monoisotopic (exact) mass is 510 g/mol. The van der Waals surface area contributed by atoms with Crippen molar-refractivity contribution in [3.63, 3.8) is 0 Å². The summed E-state index contributed by atoms with van der Waals surface area (Å²) in [4.78, 5) is 40.6. The summed E-state index contributed by atoms with van der Waals surface area (Å²) in [5.74, 6) is -1.94. The number of rotatable bonds is 5. The minimum absolute atomic E-state index is 0.0284. The molecule has 1 aromatic carbocycles. The molecule has 0 radical (unpaired) electrons. The number of nitrogens with one attached hydrogen (secondary N) is 1. The second kappa shape index (κ2) is 9.37. The largest absolute Gasteiger partial charge is 0.465 e. The maximum Gasteiger partial charge on any atom is 0.414 e. The topological polar surface area (TPSA) is 103 Å². The summed E-state index contributed by atoms with van der Waals surface area (Å²) in [6.07, 6.45) is -4.25. The van der Waals surface area contributed by atoms with Gasteiger partial charge in [-0.3, -0.25) is 14.6 Å². The molecule has 35 heavy (non-hydrogen) atoms. The smallest absolute Gasteiger partial charge is 0.414 e. The van der Waals surface area contributed by atoms with Crippen molar-refractivity contribution in [2.45, 2.75) is 50.0 Å². The van der Waals surface area contributed by atoms with E-state index in [0.29, 0.717) is 26.9 Å². The predicted molar refractivity (Wildman–Crippen MR) is 120 cm³/mol. The Balaban J connectivity index is 1.49. The summed E-state index contributed by atoms with van der Waals surface area (Å²) in [7, 11) is 0.929. The van der Waals surface area contributed by atoms with E-state index in [2.05, 4.69) is 10.3 Å². The van der Waals surface area contributed by atoms with Gasteiger partial charge in [-0.05, 0) is 54.7 Å². The van der Waals surface area contributed by atoms with Crippen LogP contribution in [0, 0.1) is 0 Å². The van der Waals surface area contributed by atoms with E-state index in [9.17, 15) is 32.7 Å². The first-order valence-corrected chi connectivity index (χ1v) is 11.2. The van der Waals surface area contributed by atoms with E-state index >= 15 is 0 Å². The zero-order valence-corrected chi connectivity index (χ0v) is 19.3. The number of benzene rings is 1. The Bertz CT molecular complexity index is 1160. The molecule has 3 amide bonds. The number of hydrogen-bond acceptors (Lipinski definition) is 5. The van der Waals surface area contributed by atoms with Crippen LogP contribution in [0.5, 0.6) is 0 Å². The maximum atomic E-state index is 14.0. The molecule has 1 aliphatic carbocycles. The molecule has 186 valence electrons. The van der Waals surface area contributed by atoms with Crippen LogP contribution in [-0.2, 0) is 22.4 Å². The van der Waals surface area contributed by atoms with E-state index in [4.69, 9.17) is 11.6 Å². The molecule has 2 N–H and O–H groups in total. The maximum absolute atomic E-state index is 14.0. The van der Waals surface area contributed by atoms with Crippen molar-refractivity contribution in [3.8, 4) is 0 Å². The molecule has 1 fully saturated rings. The predicted octanol–water partition coefficient (Wildman–Crippen LogP) is 4.05. The Morgan fingerprint density at radius 3 is 2.57 bits per heavy atom. The van der Waals surface area contributed by atoms with Crippen molar-refractivity contribution in [1.29, 1.82) is 0 Å². The summed E-state index contributed by atoms with van der Waals surface area (Å²) < 4.78 is 42.0. The number of carbonyl (C=O) groups is 3. The molecule has 2 aromatic rings. The summed E-state index contributed by atoms with van der Waals surface area (Å²) in [6.45, 7) is 0. The van der Waals surface area contributed by atoms with Crippen molar-refractivity contribution in [3.05, 3.63) is 58.4 Å². The van der Waals surface area contributed by atoms with Gasteiger partial charge in [0.15, 0.2) is 6.04 Å². The Morgan fingerprint density at radius 1 is 1.23 bits per heavy atom. The number of aromatic nitrogens is 1. The first-order valence-electron chi connectivity index (χ1n) is 10.8.